The highest BCUT2D eigenvalue weighted by Gasteiger charge is 2.17. The van der Waals surface area contributed by atoms with Crippen LogP contribution in [0, 0.1) is 0 Å². The van der Waals surface area contributed by atoms with Gasteiger partial charge in [0.25, 0.3) is 12.0 Å². The molecule has 2 N–H and O–H groups in total. The first-order valence-corrected chi connectivity index (χ1v) is 4.17. The predicted octanol–water partition coefficient (Wildman–Crippen LogP) is 1.77. The SMILES string of the molecule is O=C(O)c1cc(Br)c(C(F)F)[nH]c1=O. The molecule has 4 nitrogen and oxygen atoms in total. The molecule has 0 aliphatic heterocycles. The van der Waals surface area contributed by atoms with Gasteiger partial charge in [-0.05, 0) is 22.0 Å². The van der Waals surface area contributed by atoms with Gasteiger partial charge in [-0.1, -0.05) is 0 Å². The Hall–Kier alpha value is -1.24. The van der Waals surface area contributed by atoms with Gasteiger partial charge < -0.3 is 10.1 Å². The molecule has 0 saturated heterocycles. The summed E-state index contributed by atoms with van der Waals surface area (Å²) >= 11 is 2.74. The first-order chi connectivity index (χ1) is 6.43. The monoisotopic (exact) mass is 267 g/mol. The highest BCUT2D eigenvalue weighted by Crippen LogP contribution is 2.24. The minimum absolute atomic E-state index is 0.135. The number of carbonyl (C=O) groups is 1. The van der Waals surface area contributed by atoms with E-state index in [9.17, 15) is 18.4 Å². The highest BCUT2D eigenvalue weighted by atomic mass is 79.9. The first kappa shape index (κ1) is 10.8. The van der Waals surface area contributed by atoms with Gasteiger partial charge in [0.15, 0.2) is 0 Å². The molecule has 0 aromatic carbocycles. The number of aromatic amines is 1. The summed E-state index contributed by atoms with van der Waals surface area (Å²) in [5, 5.41) is 8.49. The van der Waals surface area contributed by atoms with Crippen LogP contribution in [0.2, 0.25) is 0 Å². The van der Waals surface area contributed by atoms with E-state index < -0.39 is 29.2 Å². The Balaban J connectivity index is 3.39. The van der Waals surface area contributed by atoms with Crippen molar-refractivity contribution >= 4 is 21.9 Å². The summed E-state index contributed by atoms with van der Waals surface area (Å²) in [5.74, 6) is -1.47. The van der Waals surface area contributed by atoms with Crippen LogP contribution in [-0.2, 0) is 0 Å². The Kier molecular flexibility index (Phi) is 3.00. The topological polar surface area (TPSA) is 70.2 Å². The van der Waals surface area contributed by atoms with E-state index in [1.807, 2.05) is 0 Å². The minimum atomic E-state index is -2.86. The summed E-state index contributed by atoms with van der Waals surface area (Å²) in [5.41, 5.74) is -2.25. The lowest BCUT2D eigenvalue weighted by atomic mass is 10.2. The highest BCUT2D eigenvalue weighted by molar-refractivity contribution is 9.10. The fraction of sp³-hybridized carbons (Fsp3) is 0.143. The van der Waals surface area contributed by atoms with Crippen LogP contribution in [-0.4, -0.2) is 16.1 Å². The summed E-state index contributed by atoms with van der Waals surface area (Å²) in [4.78, 5) is 23.2. The molecule has 1 aromatic rings. The molecule has 0 aliphatic rings. The Morgan fingerprint density at radius 2 is 2.14 bits per heavy atom. The van der Waals surface area contributed by atoms with Crippen molar-refractivity contribution in [1.29, 1.82) is 0 Å². The number of alkyl halides is 2. The van der Waals surface area contributed by atoms with Crippen LogP contribution >= 0.6 is 15.9 Å². The number of nitrogens with one attached hydrogen (secondary N) is 1. The fourth-order valence-corrected chi connectivity index (χ4v) is 1.34. The Morgan fingerprint density at radius 1 is 1.57 bits per heavy atom. The smallest absolute Gasteiger partial charge is 0.341 e. The van der Waals surface area contributed by atoms with Gasteiger partial charge in [0, 0.05) is 4.47 Å². The number of rotatable bonds is 2. The van der Waals surface area contributed by atoms with Gasteiger partial charge in [-0.2, -0.15) is 0 Å². The van der Waals surface area contributed by atoms with E-state index in [2.05, 4.69) is 15.9 Å². The summed E-state index contributed by atoms with van der Waals surface area (Å²) < 4.78 is 24.3. The van der Waals surface area contributed by atoms with Crippen molar-refractivity contribution in [2.24, 2.45) is 0 Å². The van der Waals surface area contributed by atoms with Crippen LogP contribution in [0.3, 0.4) is 0 Å². The maximum absolute atomic E-state index is 12.2. The molecule has 1 heterocycles. The summed E-state index contributed by atoms with van der Waals surface area (Å²) in [6, 6.07) is 0.850. The molecule has 0 aliphatic carbocycles. The van der Waals surface area contributed by atoms with Crippen LogP contribution in [0.25, 0.3) is 0 Å². The maximum Gasteiger partial charge on any atom is 0.341 e. The lowest BCUT2D eigenvalue weighted by Crippen LogP contribution is -2.19. The third kappa shape index (κ3) is 1.98. The van der Waals surface area contributed by atoms with Gasteiger partial charge in [-0.25, -0.2) is 13.6 Å². The molecule has 0 amide bonds. The molecule has 1 rings (SSSR count). The van der Waals surface area contributed by atoms with Crippen molar-refractivity contribution in [2.45, 2.75) is 6.43 Å². The fourth-order valence-electron chi connectivity index (χ4n) is 0.837. The van der Waals surface area contributed by atoms with Gasteiger partial charge >= 0.3 is 5.97 Å². The standard InChI is InChI=1S/C7H4BrF2NO3/c8-3-1-2(7(13)14)6(12)11-4(3)5(9)10/h1,5H,(H,11,12)(H,13,14). The molecule has 14 heavy (non-hydrogen) atoms. The van der Waals surface area contributed by atoms with Gasteiger partial charge in [-0.3, -0.25) is 4.79 Å². The minimum Gasteiger partial charge on any atom is -0.477 e. The van der Waals surface area contributed by atoms with E-state index in [0.29, 0.717) is 0 Å². The zero-order chi connectivity index (χ0) is 10.9. The largest absolute Gasteiger partial charge is 0.477 e. The van der Waals surface area contributed by atoms with Crippen molar-refractivity contribution in [1.82, 2.24) is 4.98 Å². The van der Waals surface area contributed by atoms with Crippen molar-refractivity contribution in [3.05, 3.63) is 32.2 Å². The molecule has 1 aromatic heterocycles. The number of carboxylic acid groups (broad SMARTS) is 1. The molecular weight excluding hydrogens is 264 g/mol. The van der Waals surface area contributed by atoms with Crippen molar-refractivity contribution < 1.29 is 18.7 Å². The molecular formula is C7H4BrF2NO3. The molecule has 0 bridgehead atoms. The van der Waals surface area contributed by atoms with E-state index in [1.165, 1.54) is 0 Å². The second kappa shape index (κ2) is 3.87. The van der Waals surface area contributed by atoms with Crippen LogP contribution in [0.15, 0.2) is 15.3 Å². The second-order valence-corrected chi connectivity index (χ2v) is 3.23. The van der Waals surface area contributed by atoms with Crippen LogP contribution in [0.1, 0.15) is 22.5 Å². The van der Waals surface area contributed by atoms with E-state index in [4.69, 9.17) is 5.11 Å². The van der Waals surface area contributed by atoms with Crippen molar-refractivity contribution in [3.8, 4) is 0 Å². The molecule has 0 saturated carbocycles. The zero-order valence-corrected chi connectivity index (χ0v) is 8.14. The normalized spacial score (nSPS) is 10.6. The van der Waals surface area contributed by atoms with Gasteiger partial charge in [0.1, 0.15) is 5.56 Å². The number of hydrogen-bond donors (Lipinski definition) is 2. The number of aromatic carboxylic acids is 1. The molecule has 0 spiro atoms. The predicted molar refractivity (Wildman–Crippen MR) is 46.7 cm³/mol. The Bertz CT molecular complexity index is 429. The Labute approximate surface area is 84.7 Å². The molecule has 7 heteroatoms. The van der Waals surface area contributed by atoms with E-state index in [-0.39, 0.29) is 4.47 Å². The summed E-state index contributed by atoms with van der Waals surface area (Å²) in [6.07, 6.45) is -2.86. The second-order valence-electron chi connectivity index (χ2n) is 2.38. The average molecular weight is 268 g/mol. The summed E-state index contributed by atoms with van der Waals surface area (Å²) in [6.45, 7) is 0. The van der Waals surface area contributed by atoms with Crippen LogP contribution in [0.5, 0.6) is 0 Å². The van der Waals surface area contributed by atoms with Crippen LogP contribution in [0.4, 0.5) is 8.78 Å². The number of pyridine rings is 1. The first-order valence-electron chi connectivity index (χ1n) is 3.37. The number of aromatic nitrogens is 1. The lowest BCUT2D eigenvalue weighted by Gasteiger charge is -2.03. The molecule has 0 radical (unpaired) electrons. The van der Waals surface area contributed by atoms with Crippen LogP contribution < -0.4 is 5.56 Å². The van der Waals surface area contributed by atoms with E-state index in [0.717, 1.165) is 6.07 Å². The zero-order valence-electron chi connectivity index (χ0n) is 6.55. The number of halogens is 3. The van der Waals surface area contributed by atoms with Gasteiger partial charge in [-0.15, -0.1) is 0 Å². The number of hydrogen-bond acceptors (Lipinski definition) is 2. The molecule has 76 valence electrons. The van der Waals surface area contributed by atoms with Gasteiger partial charge in [0.2, 0.25) is 0 Å². The quantitative estimate of drug-likeness (QED) is 0.858. The number of H-pyrrole nitrogens is 1. The molecule has 0 unspecified atom stereocenters. The van der Waals surface area contributed by atoms with E-state index >= 15 is 0 Å². The molecule has 0 fully saturated rings. The molecule has 0 atom stereocenters. The third-order valence-electron chi connectivity index (χ3n) is 1.47. The van der Waals surface area contributed by atoms with Crippen molar-refractivity contribution in [3.63, 3.8) is 0 Å². The summed E-state index contributed by atoms with van der Waals surface area (Å²) in [7, 11) is 0. The van der Waals surface area contributed by atoms with Gasteiger partial charge in [0.05, 0.1) is 5.69 Å². The van der Waals surface area contributed by atoms with E-state index in [1.54, 1.807) is 4.98 Å². The third-order valence-corrected chi connectivity index (χ3v) is 2.13. The Morgan fingerprint density at radius 3 is 2.57 bits per heavy atom. The van der Waals surface area contributed by atoms with Crippen molar-refractivity contribution in [2.75, 3.05) is 0 Å². The maximum atomic E-state index is 12.2. The average Bonchev–Trinajstić information content (AvgIpc) is 2.07. The number of carboxylic acids is 1. The lowest BCUT2D eigenvalue weighted by molar-refractivity contribution is 0.0694.